The highest BCUT2D eigenvalue weighted by Gasteiger charge is 2.44. The topological polar surface area (TPSA) is 119 Å². The minimum absolute atomic E-state index is 0.424. The molecule has 0 spiro atoms. The van der Waals surface area contributed by atoms with Crippen molar-refractivity contribution in [3.05, 3.63) is 40.8 Å². The molecule has 7 nitrogen and oxygen atoms in total. The standard InChI is InChI=1S/C12H15N3O4S/c13-15-14-9-11(18)10(17)8(6-16)19-12(9)20-7-4-2-1-3-5-7/h1-5,8-12,16-18H,6H2/t8-,9-,10-,11-,12+/m1/s1. The van der Waals surface area contributed by atoms with Crippen LogP contribution >= 0.6 is 11.8 Å². The third kappa shape index (κ3) is 3.24. The zero-order chi connectivity index (χ0) is 14.5. The van der Waals surface area contributed by atoms with E-state index in [4.69, 9.17) is 10.3 Å². The summed E-state index contributed by atoms with van der Waals surface area (Å²) in [7, 11) is 0. The van der Waals surface area contributed by atoms with Gasteiger partial charge in [0.05, 0.1) is 12.7 Å². The predicted molar refractivity (Wildman–Crippen MR) is 73.0 cm³/mol. The van der Waals surface area contributed by atoms with E-state index in [9.17, 15) is 15.3 Å². The summed E-state index contributed by atoms with van der Waals surface area (Å²) >= 11 is 1.27. The van der Waals surface area contributed by atoms with Crippen LogP contribution in [-0.2, 0) is 4.74 Å². The molecule has 20 heavy (non-hydrogen) atoms. The molecule has 0 aliphatic carbocycles. The van der Waals surface area contributed by atoms with Crippen LogP contribution in [0.5, 0.6) is 0 Å². The van der Waals surface area contributed by atoms with Crippen molar-refractivity contribution in [2.45, 2.75) is 34.7 Å². The lowest BCUT2D eigenvalue weighted by atomic mass is 9.99. The molecular weight excluding hydrogens is 282 g/mol. The summed E-state index contributed by atoms with van der Waals surface area (Å²) < 4.78 is 5.53. The van der Waals surface area contributed by atoms with Gasteiger partial charge in [-0.25, -0.2) is 0 Å². The van der Waals surface area contributed by atoms with Crippen molar-refractivity contribution >= 4 is 11.8 Å². The number of nitrogens with zero attached hydrogens (tertiary/aromatic N) is 3. The molecule has 1 aliphatic heterocycles. The van der Waals surface area contributed by atoms with Crippen LogP contribution in [0.25, 0.3) is 10.4 Å². The molecule has 0 saturated carbocycles. The SMILES string of the molecule is [N-]=[N+]=N[C@@H]1[C@@H](O)[C@H](O)[C@@H](CO)O[C@H]1Sc1ccccc1. The van der Waals surface area contributed by atoms with Crippen LogP contribution in [0.3, 0.4) is 0 Å². The average Bonchev–Trinajstić information content (AvgIpc) is 2.47. The molecule has 3 N–H and O–H groups in total. The van der Waals surface area contributed by atoms with Gasteiger partial charge >= 0.3 is 0 Å². The van der Waals surface area contributed by atoms with E-state index in [0.717, 1.165) is 4.90 Å². The van der Waals surface area contributed by atoms with Crippen molar-refractivity contribution in [2.24, 2.45) is 5.11 Å². The largest absolute Gasteiger partial charge is 0.394 e. The van der Waals surface area contributed by atoms with Crippen LogP contribution in [-0.4, -0.2) is 51.7 Å². The van der Waals surface area contributed by atoms with Crippen LogP contribution in [0.1, 0.15) is 0 Å². The minimum atomic E-state index is -1.29. The van der Waals surface area contributed by atoms with Crippen molar-refractivity contribution in [2.75, 3.05) is 6.61 Å². The second-order valence-electron chi connectivity index (χ2n) is 4.33. The lowest BCUT2D eigenvalue weighted by Gasteiger charge is -2.40. The Morgan fingerprint density at radius 2 is 1.95 bits per heavy atom. The zero-order valence-electron chi connectivity index (χ0n) is 10.5. The molecule has 1 aromatic rings. The number of hydrogen-bond donors (Lipinski definition) is 3. The van der Waals surface area contributed by atoms with Gasteiger partial charge in [-0.1, -0.05) is 35.1 Å². The first-order valence-electron chi connectivity index (χ1n) is 6.05. The van der Waals surface area contributed by atoms with E-state index in [1.807, 2.05) is 30.3 Å². The lowest BCUT2D eigenvalue weighted by molar-refractivity contribution is -0.165. The van der Waals surface area contributed by atoms with E-state index in [1.165, 1.54) is 11.8 Å². The summed E-state index contributed by atoms with van der Waals surface area (Å²) in [4.78, 5) is 3.56. The first-order valence-corrected chi connectivity index (χ1v) is 6.93. The number of hydrogen-bond acceptors (Lipinski definition) is 6. The Kier molecular flexibility index (Phi) is 5.24. The Morgan fingerprint density at radius 1 is 1.25 bits per heavy atom. The molecule has 0 bridgehead atoms. The Bertz CT molecular complexity index is 483. The first-order chi connectivity index (χ1) is 9.67. The quantitative estimate of drug-likeness (QED) is 0.433. The van der Waals surface area contributed by atoms with Crippen molar-refractivity contribution < 1.29 is 20.1 Å². The zero-order valence-corrected chi connectivity index (χ0v) is 11.3. The molecule has 1 heterocycles. The van der Waals surface area contributed by atoms with Gasteiger partial charge in [0.25, 0.3) is 0 Å². The summed E-state index contributed by atoms with van der Waals surface area (Å²) in [6.45, 7) is -0.424. The Labute approximate surface area is 119 Å². The van der Waals surface area contributed by atoms with Gasteiger partial charge in [-0.3, -0.25) is 0 Å². The Morgan fingerprint density at radius 3 is 2.55 bits per heavy atom. The molecule has 1 aromatic carbocycles. The van der Waals surface area contributed by atoms with E-state index in [-0.39, 0.29) is 0 Å². The van der Waals surface area contributed by atoms with Gasteiger partial charge in [-0.05, 0) is 17.7 Å². The highest BCUT2D eigenvalue weighted by atomic mass is 32.2. The number of aliphatic hydroxyl groups excluding tert-OH is 3. The van der Waals surface area contributed by atoms with Crippen molar-refractivity contribution in [3.63, 3.8) is 0 Å². The van der Waals surface area contributed by atoms with E-state index in [1.54, 1.807) is 0 Å². The van der Waals surface area contributed by atoms with Crippen LogP contribution in [0.4, 0.5) is 0 Å². The van der Waals surface area contributed by atoms with Crippen molar-refractivity contribution in [1.29, 1.82) is 0 Å². The molecule has 0 radical (unpaired) electrons. The Hall–Kier alpha value is -1.28. The highest BCUT2D eigenvalue weighted by Crippen LogP contribution is 2.34. The molecule has 5 atom stereocenters. The van der Waals surface area contributed by atoms with Crippen LogP contribution in [0, 0.1) is 0 Å². The molecular formula is C12H15N3O4S. The normalized spacial score (nSPS) is 33.5. The third-order valence-corrected chi connectivity index (χ3v) is 4.20. The summed E-state index contributed by atoms with van der Waals surface area (Å²) in [5.74, 6) is 0. The number of thioether (sulfide) groups is 1. The maximum Gasteiger partial charge on any atom is 0.119 e. The summed E-state index contributed by atoms with van der Waals surface area (Å²) in [5, 5.41) is 32.5. The number of azide groups is 1. The fourth-order valence-corrected chi connectivity index (χ4v) is 3.12. The van der Waals surface area contributed by atoms with E-state index < -0.39 is 36.4 Å². The van der Waals surface area contributed by atoms with Crippen LogP contribution in [0.15, 0.2) is 40.3 Å². The molecule has 108 valence electrons. The third-order valence-electron chi connectivity index (χ3n) is 3.03. The minimum Gasteiger partial charge on any atom is -0.394 e. The monoisotopic (exact) mass is 297 g/mol. The van der Waals surface area contributed by atoms with E-state index in [0.29, 0.717) is 0 Å². The van der Waals surface area contributed by atoms with Crippen molar-refractivity contribution in [3.8, 4) is 0 Å². The van der Waals surface area contributed by atoms with E-state index in [2.05, 4.69) is 10.0 Å². The average molecular weight is 297 g/mol. The first kappa shape index (κ1) is 15.1. The van der Waals surface area contributed by atoms with Gasteiger partial charge < -0.3 is 20.1 Å². The van der Waals surface area contributed by atoms with Gasteiger partial charge in [0.1, 0.15) is 23.7 Å². The van der Waals surface area contributed by atoms with Crippen LogP contribution < -0.4 is 0 Å². The smallest absolute Gasteiger partial charge is 0.119 e. The molecule has 1 saturated heterocycles. The fraction of sp³-hybridized carbons (Fsp3) is 0.500. The number of ether oxygens (including phenoxy) is 1. The van der Waals surface area contributed by atoms with E-state index >= 15 is 0 Å². The Balaban J connectivity index is 2.20. The van der Waals surface area contributed by atoms with Gasteiger partial charge in [0, 0.05) is 9.81 Å². The number of benzene rings is 1. The highest BCUT2D eigenvalue weighted by molar-refractivity contribution is 7.99. The molecule has 0 aromatic heterocycles. The molecule has 0 unspecified atom stereocenters. The molecule has 1 fully saturated rings. The second kappa shape index (κ2) is 6.94. The van der Waals surface area contributed by atoms with Crippen molar-refractivity contribution in [1.82, 2.24) is 0 Å². The van der Waals surface area contributed by atoms with Gasteiger partial charge in [0.15, 0.2) is 0 Å². The van der Waals surface area contributed by atoms with Gasteiger partial charge in [0.2, 0.25) is 0 Å². The van der Waals surface area contributed by atoms with Crippen LogP contribution in [0.2, 0.25) is 0 Å². The maximum atomic E-state index is 10.00. The maximum absolute atomic E-state index is 10.00. The molecule has 1 aliphatic rings. The van der Waals surface area contributed by atoms with Gasteiger partial charge in [-0.15, -0.1) is 0 Å². The second-order valence-corrected chi connectivity index (χ2v) is 5.50. The molecule has 2 rings (SSSR count). The lowest BCUT2D eigenvalue weighted by Crippen LogP contribution is -2.56. The number of rotatable bonds is 4. The predicted octanol–water partition coefficient (Wildman–Crippen LogP) is 0.897. The molecule has 8 heteroatoms. The molecule has 0 amide bonds. The van der Waals surface area contributed by atoms with Gasteiger partial charge in [-0.2, -0.15) is 0 Å². The summed E-state index contributed by atoms with van der Waals surface area (Å²) in [6.07, 6.45) is -3.47. The summed E-state index contributed by atoms with van der Waals surface area (Å²) in [5.41, 5.74) is 7.90. The number of aliphatic hydroxyl groups is 3. The summed E-state index contributed by atoms with van der Waals surface area (Å²) in [6, 6.07) is 8.35. The fourth-order valence-electron chi connectivity index (χ4n) is 1.98.